The molecular weight excluding hydrogens is 562 g/mol. The Morgan fingerprint density at radius 3 is 1.98 bits per heavy atom. The lowest BCUT2D eigenvalue weighted by Gasteiger charge is -2.30. The molecule has 0 aliphatic rings. The molecule has 0 aliphatic heterocycles. The fourth-order valence-corrected chi connectivity index (χ4v) is 4.46. The first-order valence-electron chi connectivity index (χ1n) is 12.3. The van der Waals surface area contributed by atoms with E-state index in [1.807, 2.05) is 13.8 Å². The summed E-state index contributed by atoms with van der Waals surface area (Å²) in [6.45, 7) is 4.26. The average Bonchev–Trinajstić information content (AvgIpc) is 2.89. The molecule has 0 fully saturated rings. The van der Waals surface area contributed by atoms with Crippen molar-refractivity contribution in [3.63, 3.8) is 0 Å². The van der Waals surface area contributed by atoms with Crippen molar-refractivity contribution in [1.29, 1.82) is 0 Å². The zero-order valence-corrected chi connectivity index (χ0v) is 22.4. The Bertz CT molecular complexity index is 1400. The van der Waals surface area contributed by atoms with Crippen LogP contribution in [0.1, 0.15) is 72.5 Å². The molecule has 0 aliphatic carbocycles. The van der Waals surface area contributed by atoms with Gasteiger partial charge in [-0.25, -0.2) is 13.6 Å². The molecule has 12 heteroatoms. The van der Waals surface area contributed by atoms with Crippen molar-refractivity contribution in [3.8, 4) is 16.9 Å². The number of hydrogen-bond acceptors (Lipinski definition) is 2. The summed E-state index contributed by atoms with van der Waals surface area (Å²) in [6.07, 6.45) is -14.7. The number of methoxy groups -OCH3 is 1. The van der Waals surface area contributed by atoms with Gasteiger partial charge in [0.05, 0.1) is 24.3 Å². The van der Waals surface area contributed by atoms with Gasteiger partial charge < -0.3 is 9.84 Å². The van der Waals surface area contributed by atoms with E-state index in [0.29, 0.717) is 22.3 Å². The molecule has 0 radical (unpaired) electrons. The summed E-state index contributed by atoms with van der Waals surface area (Å²) in [6, 6.07) is 8.07. The lowest BCUT2D eigenvalue weighted by atomic mass is 9.89. The maximum atomic E-state index is 13.7. The average molecular weight is 590 g/mol. The molecule has 0 bridgehead atoms. The van der Waals surface area contributed by atoms with Crippen molar-refractivity contribution >= 4 is 6.09 Å². The van der Waals surface area contributed by atoms with Gasteiger partial charge in [0.2, 0.25) is 0 Å². The number of nitrogens with zero attached hydrogens (tertiary/aromatic N) is 1. The molecule has 0 spiro atoms. The molecule has 1 atom stereocenters. The first-order valence-corrected chi connectivity index (χ1v) is 12.3. The van der Waals surface area contributed by atoms with Gasteiger partial charge in [-0.1, -0.05) is 26.0 Å². The van der Waals surface area contributed by atoms with E-state index in [0.717, 1.165) is 23.8 Å². The lowest BCUT2D eigenvalue weighted by Crippen LogP contribution is -2.32. The summed E-state index contributed by atoms with van der Waals surface area (Å²) in [5, 5.41) is 9.99. The van der Waals surface area contributed by atoms with E-state index >= 15 is 0 Å². The summed E-state index contributed by atoms with van der Waals surface area (Å²) in [4.78, 5) is 12.9. The van der Waals surface area contributed by atoms with Crippen molar-refractivity contribution < 1.29 is 49.8 Å². The minimum Gasteiger partial charge on any atom is -0.496 e. The van der Waals surface area contributed by atoms with E-state index in [-0.39, 0.29) is 23.1 Å². The third-order valence-corrected chi connectivity index (χ3v) is 6.67. The fourth-order valence-electron chi connectivity index (χ4n) is 4.46. The topological polar surface area (TPSA) is 49.8 Å². The number of ether oxygens (including phenoxy) is 1. The molecule has 1 N–H and O–H groups in total. The van der Waals surface area contributed by atoms with Crippen LogP contribution in [0.5, 0.6) is 5.75 Å². The third kappa shape index (κ3) is 7.28. The Kier molecular flexibility index (Phi) is 9.24. The van der Waals surface area contributed by atoms with Gasteiger partial charge in [0.25, 0.3) is 6.43 Å². The highest BCUT2D eigenvalue weighted by atomic mass is 19.4. The van der Waals surface area contributed by atoms with Crippen LogP contribution in [0.3, 0.4) is 0 Å². The van der Waals surface area contributed by atoms with Crippen molar-refractivity contribution in [3.05, 3.63) is 88.0 Å². The van der Waals surface area contributed by atoms with Crippen LogP contribution >= 0.6 is 0 Å². The third-order valence-electron chi connectivity index (χ3n) is 6.67. The van der Waals surface area contributed by atoms with Gasteiger partial charge in [-0.2, -0.15) is 26.3 Å². The van der Waals surface area contributed by atoms with Gasteiger partial charge >= 0.3 is 18.4 Å². The van der Waals surface area contributed by atoms with Crippen molar-refractivity contribution in [1.82, 2.24) is 4.90 Å². The number of alkyl halides is 8. The molecule has 0 saturated carbocycles. The van der Waals surface area contributed by atoms with Crippen LogP contribution in [0, 0.1) is 0 Å². The van der Waals surface area contributed by atoms with E-state index < -0.39 is 59.7 Å². The summed E-state index contributed by atoms with van der Waals surface area (Å²) in [7, 11) is 1.36. The SMILES string of the molecule is COc1ccc(C(C)C)cc1-c1ccc(C(F)(F)F)cc1C(C)N(Cc1cc(C(F)F)cc(C(F)(F)F)c1)C(=O)O. The number of amides is 1. The zero-order chi connectivity index (χ0) is 30.9. The van der Waals surface area contributed by atoms with Crippen LogP contribution in [0.4, 0.5) is 39.9 Å². The minimum atomic E-state index is -4.99. The summed E-state index contributed by atoms with van der Waals surface area (Å²) < 4.78 is 114. The quantitative estimate of drug-likeness (QED) is 0.266. The van der Waals surface area contributed by atoms with Crippen LogP contribution in [-0.2, 0) is 18.9 Å². The van der Waals surface area contributed by atoms with E-state index in [2.05, 4.69) is 0 Å². The van der Waals surface area contributed by atoms with Crippen molar-refractivity contribution in [2.75, 3.05) is 7.11 Å². The maximum Gasteiger partial charge on any atom is 0.416 e. The van der Waals surface area contributed by atoms with E-state index in [9.17, 15) is 45.0 Å². The number of halogens is 8. The Hall–Kier alpha value is -3.83. The summed E-state index contributed by atoms with van der Waals surface area (Å²) in [5.41, 5.74) is -2.57. The van der Waals surface area contributed by atoms with Gasteiger partial charge in [0.1, 0.15) is 5.75 Å². The first kappa shape index (κ1) is 31.7. The molecule has 0 heterocycles. The summed E-state index contributed by atoms with van der Waals surface area (Å²) >= 11 is 0. The van der Waals surface area contributed by atoms with Crippen molar-refractivity contribution in [2.45, 2.75) is 58.1 Å². The predicted molar refractivity (Wildman–Crippen MR) is 136 cm³/mol. The lowest BCUT2D eigenvalue weighted by molar-refractivity contribution is -0.138. The monoisotopic (exact) mass is 589 g/mol. The number of hydrogen-bond donors (Lipinski definition) is 1. The first-order chi connectivity index (χ1) is 18.9. The van der Waals surface area contributed by atoms with Crippen molar-refractivity contribution in [2.24, 2.45) is 0 Å². The van der Waals surface area contributed by atoms with Gasteiger partial charge in [0, 0.05) is 17.7 Å². The number of rotatable bonds is 8. The fraction of sp³-hybridized carbons (Fsp3) is 0.345. The standard InChI is InChI=1S/C29H27F8NO3/c1-15(2)18-5-8-25(41-4)24(12-18)22-7-6-20(28(32,33)34)13-23(22)16(3)38(27(39)40)14-17-9-19(26(30)31)11-21(10-17)29(35,36)37/h5-13,15-16,26H,14H2,1-4H3,(H,39,40). The van der Waals surface area contributed by atoms with E-state index in [4.69, 9.17) is 4.74 Å². The Balaban J connectivity index is 2.22. The molecule has 0 aromatic heterocycles. The van der Waals surface area contributed by atoms with Gasteiger partial charge in [0.15, 0.2) is 0 Å². The highest BCUT2D eigenvalue weighted by Crippen LogP contribution is 2.42. The molecule has 1 amide bonds. The normalized spacial score (nSPS) is 13.0. The van der Waals surface area contributed by atoms with Crippen LogP contribution in [0.25, 0.3) is 11.1 Å². The Morgan fingerprint density at radius 2 is 1.46 bits per heavy atom. The molecule has 3 aromatic carbocycles. The summed E-state index contributed by atoms with van der Waals surface area (Å²) in [5.74, 6) is 0.319. The Morgan fingerprint density at radius 1 is 0.829 bits per heavy atom. The smallest absolute Gasteiger partial charge is 0.416 e. The van der Waals surface area contributed by atoms with Crippen LogP contribution < -0.4 is 4.74 Å². The van der Waals surface area contributed by atoms with E-state index in [1.54, 1.807) is 18.2 Å². The molecule has 3 aromatic rings. The molecular formula is C29H27F8NO3. The minimum absolute atomic E-state index is 0.0236. The second-order valence-electron chi connectivity index (χ2n) is 9.76. The molecule has 3 rings (SSSR count). The van der Waals surface area contributed by atoms with E-state index in [1.165, 1.54) is 20.1 Å². The van der Waals surface area contributed by atoms with Gasteiger partial charge in [-0.15, -0.1) is 0 Å². The largest absolute Gasteiger partial charge is 0.496 e. The molecule has 0 saturated heterocycles. The molecule has 41 heavy (non-hydrogen) atoms. The van der Waals surface area contributed by atoms with Gasteiger partial charge in [-0.3, -0.25) is 4.90 Å². The van der Waals surface area contributed by atoms with Gasteiger partial charge in [-0.05, 0) is 77.6 Å². The number of carboxylic acid groups (broad SMARTS) is 1. The zero-order valence-electron chi connectivity index (χ0n) is 22.4. The van der Waals surface area contributed by atoms with Crippen LogP contribution in [-0.4, -0.2) is 23.2 Å². The number of carbonyl (C=O) groups is 1. The second-order valence-corrected chi connectivity index (χ2v) is 9.76. The highest BCUT2D eigenvalue weighted by molar-refractivity contribution is 5.76. The van der Waals surface area contributed by atoms with Crippen LogP contribution in [0.2, 0.25) is 0 Å². The number of benzene rings is 3. The Labute approximate surface area is 231 Å². The molecule has 222 valence electrons. The maximum absolute atomic E-state index is 13.7. The predicted octanol–water partition coefficient (Wildman–Crippen LogP) is 9.70. The molecule has 1 unspecified atom stereocenters. The van der Waals surface area contributed by atoms with Crippen LogP contribution in [0.15, 0.2) is 54.6 Å². The molecule has 4 nitrogen and oxygen atoms in total. The highest BCUT2D eigenvalue weighted by Gasteiger charge is 2.35. The second kappa shape index (κ2) is 12.0.